The zero-order valence-electron chi connectivity index (χ0n) is 6.64. The average molecular weight is 224 g/mol. The van der Waals surface area contributed by atoms with Crippen LogP contribution in [-0.4, -0.2) is 33.1 Å². The summed E-state index contributed by atoms with van der Waals surface area (Å²) in [6.45, 7) is -0.670. The van der Waals surface area contributed by atoms with Gasteiger partial charge in [0.05, 0.1) is 5.75 Å². The summed E-state index contributed by atoms with van der Waals surface area (Å²) in [7, 11) is -4.10. The van der Waals surface area contributed by atoms with Crippen molar-refractivity contribution in [1.82, 2.24) is 0 Å². The molecule has 0 amide bonds. The van der Waals surface area contributed by atoms with Gasteiger partial charge in [0.15, 0.2) is 0 Å². The average Bonchev–Trinajstić information content (AvgIpc) is 2.01. The third kappa shape index (κ3) is 4.41. The zero-order chi connectivity index (χ0) is 10.7. The number of hydrogen-bond acceptors (Lipinski definition) is 3. The minimum Gasteiger partial charge on any atom is -0.264 e. The van der Waals surface area contributed by atoms with E-state index in [0.717, 1.165) is 6.92 Å². The van der Waals surface area contributed by atoms with Gasteiger partial charge in [0, 0.05) is 0 Å². The fourth-order valence-corrected chi connectivity index (χ4v) is 0.818. The Bertz CT molecular complexity index is 249. The molecule has 13 heavy (non-hydrogen) atoms. The summed E-state index contributed by atoms with van der Waals surface area (Å²) in [5.74, 6) is -4.96. The summed E-state index contributed by atoms with van der Waals surface area (Å²) >= 11 is 0. The van der Waals surface area contributed by atoms with E-state index in [1.54, 1.807) is 0 Å². The molecular formula is C5H8F4O3S. The molecule has 0 rings (SSSR count). The molecule has 0 saturated carbocycles. The Hall–Kier alpha value is -0.370. The van der Waals surface area contributed by atoms with Crippen molar-refractivity contribution >= 4 is 10.1 Å². The highest BCUT2D eigenvalue weighted by atomic mass is 32.2. The zero-order valence-corrected chi connectivity index (χ0v) is 7.45. The van der Waals surface area contributed by atoms with Crippen LogP contribution in [0.15, 0.2) is 0 Å². The molecule has 0 N–H and O–H groups in total. The van der Waals surface area contributed by atoms with Gasteiger partial charge in [0.1, 0.15) is 6.61 Å². The maximum absolute atomic E-state index is 12.1. The van der Waals surface area contributed by atoms with Gasteiger partial charge in [-0.25, -0.2) is 8.78 Å². The maximum Gasteiger partial charge on any atom is 0.331 e. The first-order valence-corrected chi connectivity index (χ1v) is 4.82. The molecule has 0 atom stereocenters. The predicted molar refractivity (Wildman–Crippen MR) is 36.4 cm³/mol. The molecule has 0 aromatic carbocycles. The Labute approximate surface area is 72.8 Å². The summed E-state index contributed by atoms with van der Waals surface area (Å²) in [6, 6.07) is 0. The highest BCUT2D eigenvalue weighted by Crippen LogP contribution is 2.23. The summed E-state index contributed by atoms with van der Waals surface area (Å²) in [5, 5.41) is 0. The Morgan fingerprint density at radius 2 is 1.85 bits per heavy atom. The molecule has 0 aliphatic carbocycles. The molecular weight excluding hydrogens is 216 g/mol. The van der Waals surface area contributed by atoms with Gasteiger partial charge in [-0.1, -0.05) is 0 Å². The molecule has 0 saturated heterocycles. The molecule has 8 heteroatoms. The lowest BCUT2D eigenvalue weighted by Crippen LogP contribution is -2.33. The van der Waals surface area contributed by atoms with Gasteiger partial charge in [-0.15, -0.1) is 0 Å². The monoisotopic (exact) mass is 224 g/mol. The van der Waals surface area contributed by atoms with E-state index in [0.29, 0.717) is 0 Å². The van der Waals surface area contributed by atoms with Gasteiger partial charge in [-0.2, -0.15) is 17.2 Å². The lowest BCUT2D eigenvalue weighted by atomic mass is 10.4. The van der Waals surface area contributed by atoms with E-state index < -0.39 is 34.8 Å². The number of halogens is 4. The van der Waals surface area contributed by atoms with Gasteiger partial charge < -0.3 is 0 Å². The minimum atomic E-state index is -4.43. The second-order valence-electron chi connectivity index (χ2n) is 2.17. The molecule has 0 aliphatic rings. The van der Waals surface area contributed by atoms with Crippen LogP contribution in [0.2, 0.25) is 0 Å². The number of hydrogen-bond donors (Lipinski definition) is 0. The molecule has 0 radical (unpaired) electrons. The normalized spacial score (nSPS) is 13.7. The predicted octanol–water partition coefficient (Wildman–Crippen LogP) is 1.25. The van der Waals surface area contributed by atoms with Crippen LogP contribution in [0.25, 0.3) is 0 Å². The van der Waals surface area contributed by atoms with Crippen molar-refractivity contribution in [3.8, 4) is 0 Å². The Morgan fingerprint density at radius 1 is 1.38 bits per heavy atom. The van der Waals surface area contributed by atoms with Crippen LogP contribution < -0.4 is 0 Å². The van der Waals surface area contributed by atoms with Crippen LogP contribution >= 0.6 is 0 Å². The van der Waals surface area contributed by atoms with Gasteiger partial charge >= 0.3 is 12.3 Å². The second kappa shape index (κ2) is 4.23. The Balaban J connectivity index is 4.18. The first-order valence-electron chi connectivity index (χ1n) is 3.24. The number of alkyl halides is 4. The van der Waals surface area contributed by atoms with Crippen molar-refractivity contribution in [2.24, 2.45) is 0 Å². The summed E-state index contributed by atoms with van der Waals surface area (Å²) in [6.07, 6.45) is -3.93. The van der Waals surface area contributed by atoms with Gasteiger partial charge in [-0.05, 0) is 6.92 Å². The van der Waals surface area contributed by atoms with E-state index >= 15 is 0 Å². The Morgan fingerprint density at radius 3 is 2.15 bits per heavy atom. The highest BCUT2D eigenvalue weighted by Gasteiger charge is 2.42. The topological polar surface area (TPSA) is 43.4 Å². The van der Waals surface area contributed by atoms with E-state index in [1.165, 1.54) is 0 Å². The van der Waals surface area contributed by atoms with Crippen LogP contribution in [0, 0.1) is 0 Å². The van der Waals surface area contributed by atoms with Crippen LogP contribution in [0.5, 0.6) is 0 Å². The molecule has 0 bridgehead atoms. The summed E-state index contributed by atoms with van der Waals surface area (Å²) < 4.78 is 71.7. The van der Waals surface area contributed by atoms with Gasteiger partial charge in [-0.3, -0.25) is 4.18 Å². The van der Waals surface area contributed by atoms with E-state index in [-0.39, 0.29) is 0 Å². The molecule has 0 fully saturated rings. The van der Waals surface area contributed by atoms with Gasteiger partial charge in [0.2, 0.25) is 0 Å². The first-order chi connectivity index (χ1) is 5.71. The lowest BCUT2D eigenvalue weighted by molar-refractivity contribution is -0.147. The largest absolute Gasteiger partial charge is 0.331 e. The third-order valence-electron chi connectivity index (χ3n) is 1.10. The van der Waals surface area contributed by atoms with Crippen molar-refractivity contribution in [3.63, 3.8) is 0 Å². The smallest absolute Gasteiger partial charge is 0.264 e. The van der Waals surface area contributed by atoms with Crippen molar-refractivity contribution in [2.75, 3.05) is 12.4 Å². The van der Waals surface area contributed by atoms with Crippen LogP contribution in [0.3, 0.4) is 0 Å². The quantitative estimate of drug-likeness (QED) is 0.521. The van der Waals surface area contributed by atoms with Crippen molar-refractivity contribution < 1.29 is 30.2 Å². The lowest BCUT2D eigenvalue weighted by Gasteiger charge is -2.14. The molecule has 0 spiro atoms. The second-order valence-corrected chi connectivity index (χ2v) is 4.10. The van der Waals surface area contributed by atoms with Crippen molar-refractivity contribution in [3.05, 3.63) is 0 Å². The third-order valence-corrected chi connectivity index (χ3v) is 2.29. The van der Waals surface area contributed by atoms with Crippen LogP contribution in [-0.2, 0) is 14.3 Å². The fraction of sp³-hybridized carbons (Fsp3) is 1.00. The van der Waals surface area contributed by atoms with E-state index in [4.69, 9.17) is 0 Å². The standard InChI is InChI=1S/C5H8F4O3S/c1-2-13(10,11)12-3-5(8,9)4(6)7/h4H,2-3H2,1H3. The first kappa shape index (κ1) is 12.6. The molecule has 0 heterocycles. The highest BCUT2D eigenvalue weighted by molar-refractivity contribution is 7.86. The molecule has 0 aliphatic heterocycles. The van der Waals surface area contributed by atoms with E-state index in [2.05, 4.69) is 4.18 Å². The summed E-state index contributed by atoms with van der Waals surface area (Å²) in [5.41, 5.74) is 0. The fourth-order valence-electron chi connectivity index (χ4n) is 0.315. The van der Waals surface area contributed by atoms with Crippen LogP contribution in [0.1, 0.15) is 6.92 Å². The minimum absolute atomic E-state index is 0.535. The molecule has 0 aromatic rings. The maximum atomic E-state index is 12.1. The van der Waals surface area contributed by atoms with Crippen molar-refractivity contribution in [1.29, 1.82) is 0 Å². The Kier molecular flexibility index (Phi) is 4.11. The SMILES string of the molecule is CCS(=O)(=O)OCC(F)(F)C(F)F. The molecule has 0 unspecified atom stereocenters. The van der Waals surface area contributed by atoms with Gasteiger partial charge in [0.25, 0.3) is 10.1 Å². The summed E-state index contributed by atoms with van der Waals surface area (Å²) in [4.78, 5) is 0. The molecule has 80 valence electrons. The van der Waals surface area contributed by atoms with E-state index in [1.807, 2.05) is 0 Å². The number of rotatable bonds is 5. The molecule has 0 aromatic heterocycles. The van der Waals surface area contributed by atoms with Crippen LogP contribution in [0.4, 0.5) is 17.6 Å². The van der Waals surface area contributed by atoms with Crippen molar-refractivity contribution in [2.45, 2.75) is 19.3 Å². The van der Waals surface area contributed by atoms with E-state index in [9.17, 15) is 26.0 Å². The molecule has 3 nitrogen and oxygen atoms in total.